The fourth-order valence-electron chi connectivity index (χ4n) is 2.07. The lowest BCUT2D eigenvalue weighted by molar-refractivity contribution is 0.101. The summed E-state index contributed by atoms with van der Waals surface area (Å²) in [6.45, 7) is 2.28. The minimum absolute atomic E-state index is 0.168. The number of amides is 1. The van der Waals surface area contributed by atoms with Crippen molar-refractivity contribution in [2.75, 3.05) is 13.7 Å². The molecule has 0 aliphatic carbocycles. The van der Waals surface area contributed by atoms with Crippen molar-refractivity contribution in [3.63, 3.8) is 0 Å². The topological polar surface area (TPSA) is 73.2 Å². The van der Waals surface area contributed by atoms with Crippen LogP contribution < -0.4 is 5.32 Å². The van der Waals surface area contributed by atoms with Gasteiger partial charge in [-0.2, -0.15) is 5.10 Å². The first kappa shape index (κ1) is 15.0. The zero-order valence-corrected chi connectivity index (χ0v) is 11.9. The molecule has 1 heterocycles. The number of carbonyl (C=O) groups is 2. The number of nitrogens with zero attached hydrogens (tertiary/aromatic N) is 2. The lowest BCUT2D eigenvalue weighted by atomic mass is 10.1. The minimum atomic E-state index is -0.504. The van der Waals surface area contributed by atoms with Crippen LogP contribution in [0.3, 0.4) is 0 Å². The van der Waals surface area contributed by atoms with Gasteiger partial charge in [-0.1, -0.05) is 0 Å². The number of Topliss-reactive ketones (excluding diaryl/α,β-unsaturated/α-hetero) is 1. The van der Waals surface area contributed by atoms with Crippen LogP contribution in [0.25, 0.3) is 10.9 Å². The molecule has 21 heavy (non-hydrogen) atoms. The third-order valence-electron chi connectivity index (χ3n) is 3.05. The van der Waals surface area contributed by atoms with Gasteiger partial charge in [-0.25, -0.2) is 9.18 Å². The predicted octanol–water partition coefficient (Wildman–Crippen LogP) is 2.12. The molecule has 1 aromatic carbocycles. The summed E-state index contributed by atoms with van der Waals surface area (Å²) in [5, 5.41) is 7.40. The summed E-state index contributed by atoms with van der Waals surface area (Å²) >= 11 is 0. The van der Waals surface area contributed by atoms with Gasteiger partial charge in [-0.3, -0.25) is 9.48 Å². The molecule has 112 valence electrons. The van der Waals surface area contributed by atoms with Crippen molar-refractivity contribution in [3.05, 3.63) is 29.7 Å². The van der Waals surface area contributed by atoms with Crippen LogP contribution in [-0.2, 0) is 11.3 Å². The number of methoxy groups -OCH3 is 1. The van der Waals surface area contributed by atoms with Gasteiger partial charge >= 0.3 is 6.09 Å². The maximum absolute atomic E-state index is 13.4. The van der Waals surface area contributed by atoms with Crippen LogP contribution in [0.4, 0.5) is 9.18 Å². The number of fused-ring (bicyclic) bond motifs is 1. The summed E-state index contributed by atoms with van der Waals surface area (Å²) in [4.78, 5) is 22.5. The Kier molecular flexibility index (Phi) is 4.52. The second-order valence-electron chi connectivity index (χ2n) is 4.56. The fraction of sp³-hybridized carbons (Fsp3) is 0.357. The number of aromatic nitrogens is 2. The average Bonchev–Trinajstić information content (AvgIpc) is 2.81. The molecular weight excluding hydrogens is 277 g/mol. The molecule has 0 atom stereocenters. The summed E-state index contributed by atoms with van der Waals surface area (Å²) in [5.74, 6) is -0.551. The van der Waals surface area contributed by atoms with Crippen LogP contribution in [0, 0.1) is 5.82 Å². The van der Waals surface area contributed by atoms with Gasteiger partial charge in [0.05, 0.1) is 12.6 Å². The highest BCUT2D eigenvalue weighted by atomic mass is 19.1. The quantitative estimate of drug-likeness (QED) is 0.677. The Morgan fingerprint density at radius 3 is 2.86 bits per heavy atom. The van der Waals surface area contributed by atoms with Crippen LogP contribution in [0.15, 0.2) is 18.2 Å². The van der Waals surface area contributed by atoms with Crippen LogP contribution in [-0.4, -0.2) is 35.3 Å². The molecule has 1 aromatic heterocycles. The van der Waals surface area contributed by atoms with Crippen molar-refractivity contribution in [1.82, 2.24) is 15.1 Å². The molecule has 0 fully saturated rings. The molecule has 2 aromatic rings. The SMILES string of the molecule is COC(=O)NCCCn1nc(C(C)=O)c2ccc(F)cc21. The van der Waals surface area contributed by atoms with E-state index in [4.69, 9.17) is 0 Å². The van der Waals surface area contributed by atoms with Crippen molar-refractivity contribution in [2.45, 2.75) is 19.9 Å². The fourth-order valence-corrected chi connectivity index (χ4v) is 2.07. The molecule has 0 unspecified atom stereocenters. The number of nitrogens with one attached hydrogen (secondary N) is 1. The number of carbonyl (C=O) groups excluding carboxylic acids is 2. The summed E-state index contributed by atoms with van der Waals surface area (Å²) < 4.78 is 19.4. The number of ether oxygens (including phenoxy) is 1. The maximum Gasteiger partial charge on any atom is 0.406 e. The van der Waals surface area contributed by atoms with E-state index >= 15 is 0 Å². The Balaban J connectivity index is 2.17. The Labute approximate surface area is 120 Å². The molecule has 0 aliphatic rings. The van der Waals surface area contributed by atoms with Gasteiger partial charge in [-0.05, 0) is 24.6 Å². The first-order valence-corrected chi connectivity index (χ1v) is 6.51. The standard InChI is InChI=1S/C14H16FN3O3/c1-9(19)13-11-5-4-10(15)8-12(11)18(17-13)7-3-6-16-14(20)21-2/h4-5,8H,3,6-7H2,1-2H3,(H,16,20). The van der Waals surface area contributed by atoms with E-state index in [2.05, 4.69) is 15.2 Å². The van der Waals surface area contributed by atoms with Crippen molar-refractivity contribution in [2.24, 2.45) is 0 Å². The summed E-state index contributed by atoms with van der Waals surface area (Å²) in [7, 11) is 1.29. The first-order valence-electron chi connectivity index (χ1n) is 6.51. The average molecular weight is 293 g/mol. The summed E-state index contributed by atoms with van der Waals surface area (Å²) in [5.41, 5.74) is 0.893. The van der Waals surface area contributed by atoms with E-state index in [1.54, 1.807) is 10.7 Å². The van der Waals surface area contributed by atoms with Crippen LogP contribution in [0.5, 0.6) is 0 Å². The molecule has 0 aliphatic heterocycles. The lowest BCUT2D eigenvalue weighted by Crippen LogP contribution is -2.24. The summed E-state index contributed by atoms with van der Waals surface area (Å²) in [6.07, 6.45) is 0.0792. The van der Waals surface area contributed by atoms with Crippen molar-refractivity contribution >= 4 is 22.8 Å². The third-order valence-corrected chi connectivity index (χ3v) is 3.05. The molecule has 2 rings (SSSR count). The maximum atomic E-state index is 13.4. The molecule has 0 saturated heterocycles. The third kappa shape index (κ3) is 3.36. The largest absolute Gasteiger partial charge is 0.453 e. The number of ketones is 1. The number of hydrogen-bond acceptors (Lipinski definition) is 4. The van der Waals surface area contributed by atoms with Gasteiger partial charge in [0.2, 0.25) is 0 Å². The highest BCUT2D eigenvalue weighted by Crippen LogP contribution is 2.20. The van der Waals surface area contributed by atoms with E-state index in [0.29, 0.717) is 36.1 Å². The number of hydrogen-bond donors (Lipinski definition) is 1. The first-order chi connectivity index (χ1) is 10.0. The van der Waals surface area contributed by atoms with Gasteiger partial charge in [-0.15, -0.1) is 0 Å². The second kappa shape index (κ2) is 6.34. The van der Waals surface area contributed by atoms with Crippen LogP contribution in [0.1, 0.15) is 23.8 Å². The molecule has 0 spiro atoms. The molecule has 1 N–H and O–H groups in total. The number of aryl methyl sites for hydroxylation is 1. The second-order valence-corrected chi connectivity index (χ2v) is 4.56. The van der Waals surface area contributed by atoms with E-state index in [9.17, 15) is 14.0 Å². The van der Waals surface area contributed by atoms with E-state index < -0.39 is 6.09 Å². The Bertz CT molecular complexity index is 681. The Hall–Kier alpha value is -2.44. The van der Waals surface area contributed by atoms with Crippen LogP contribution in [0.2, 0.25) is 0 Å². The van der Waals surface area contributed by atoms with E-state index in [1.165, 1.54) is 26.2 Å². The van der Waals surface area contributed by atoms with Gasteiger partial charge in [0.1, 0.15) is 11.5 Å². The number of alkyl carbamates (subject to hydrolysis) is 1. The highest BCUT2D eigenvalue weighted by molar-refractivity contribution is 6.04. The number of rotatable bonds is 5. The highest BCUT2D eigenvalue weighted by Gasteiger charge is 2.14. The van der Waals surface area contributed by atoms with Gasteiger partial charge in [0, 0.05) is 25.4 Å². The minimum Gasteiger partial charge on any atom is -0.453 e. The Morgan fingerprint density at radius 2 is 2.19 bits per heavy atom. The van der Waals surface area contributed by atoms with E-state index in [1.807, 2.05) is 0 Å². The van der Waals surface area contributed by atoms with E-state index in [0.717, 1.165) is 0 Å². The monoisotopic (exact) mass is 293 g/mol. The smallest absolute Gasteiger partial charge is 0.406 e. The Morgan fingerprint density at radius 1 is 1.43 bits per heavy atom. The molecule has 1 amide bonds. The summed E-state index contributed by atoms with van der Waals surface area (Å²) in [6, 6.07) is 4.21. The normalized spacial score (nSPS) is 10.6. The van der Waals surface area contributed by atoms with Crippen molar-refractivity contribution < 1.29 is 18.7 Å². The van der Waals surface area contributed by atoms with Gasteiger partial charge in [0.15, 0.2) is 5.78 Å². The number of benzene rings is 1. The molecule has 0 radical (unpaired) electrons. The van der Waals surface area contributed by atoms with E-state index in [-0.39, 0.29) is 11.6 Å². The van der Waals surface area contributed by atoms with Crippen molar-refractivity contribution in [1.29, 1.82) is 0 Å². The predicted molar refractivity (Wildman–Crippen MR) is 74.7 cm³/mol. The lowest BCUT2D eigenvalue weighted by Gasteiger charge is -2.05. The van der Waals surface area contributed by atoms with Crippen LogP contribution >= 0.6 is 0 Å². The molecular formula is C14H16FN3O3. The zero-order valence-electron chi connectivity index (χ0n) is 11.9. The molecule has 0 saturated carbocycles. The molecule has 6 nitrogen and oxygen atoms in total. The molecule has 0 bridgehead atoms. The van der Waals surface area contributed by atoms with Crippen molar-refractivity contribution in [3.8, 4) is 0 Å². The number of halogens is 1. The zero-order chi connectivity index (χ0) is 15.4. The molecule has 7 heteroatoms. The van der Waals surface area contributed by atoms with Gasteiger partial charge in [0.25, 0.3) is 0 Å². The van der Waals surface area contributed by atoms with Gasteiger partial charge < -0.3 is 10.1 Å².